The minimum absolute atomic E-state index is 0. The zero-order chi connectivity index (χ0) is 56.5. The maximum absolute atomic E-state index is 13.8. The van der Waals surface area contributed by atoms with Gasteiger partial charge in [0, 0.05) is 92.2 Å². The lowest BCUT2D eigenvalue weighted by Crippen LogP contribution is -2.54. The Kier molecular flexibility index (Phi) is 34.5. The van der Waals surface area contributed by atoms with Crippen LogP contribution in [0.2, 0.25) is 0 Å². The van der Waals surface area contributed by atoms with E-state index in [0.29, 0.717) is 50.6 Å². The molecule has 2 aromatic carbocycles. The molecule has 434 valence electrons. The van der Waals surface area contributed by atoms with Gasteiger partial charge in [0.1, 0.15) is 12.6 Å². The topological polar surface area (TPSA) is 217 Å². The summed E-state index contributed by atoms with van der Waals surface area (Å²) in [6.45, 7) is 20.1. The van der Waals surface area contributed by atoms with Crippen molar-refractivity contribution in [3.8, 4) is 0 Å². The van der Waals surface area contributed by atoms with Crippen LogP contribution >= 0.6 is 95.2 Å². The lowest BCUT2D eigenvalue weighted by molar-refractivity contribution is -0.146. The van der Waals surface area contributed by atoms with Crippen molar-refractivity contribution in [2.24, 2.45) is 5.92 Å². The number of amides is 6. The summed E-state index contributed by atoms with van der Waals surface area (Å²) in [6.07, 6.45) is 2.91. The van der Waals surface area contributed by atoms with Gasteiger partial charge in [-0.15, -0.1) is 58.0 Å². The minimum Gasteiger partial charge on any atom is -0.480 e. The lowest BCUT2D eigenvalue weighted by atomic mass is 9.95. The highest BCUT2D eigenvalue weighted by Crippen LogP contribution is 2.22. The predicted octanol–water partition coefficient (Wildman–Crippen LogP) is 13.0. The summed E-state index contributed by atoms with van der Waals surface area (Å²) in [5.41, 5.74) is 4.98. The van der Waals surface area contributed by atoms with Crippen molar-refractivity contribution in [1.29, 1.82) is 0 Å². The van der Waals surface area contributed by atoms with E-state index in [0.717, 1.165) is 37.4 Å². The van der Waals surface area contributed by atoms with Crippen molar-refractivity contribution in [3.63, 3.8) is 0 Å². The molecule has 17 nitrogen and oxygen atoms in total. The van der Waals surface area contributed by atoms with Crippen LogP contribution in [0, 0.1) is 5.92 Å². The second-order valence-electron chi connectivity index (χ2n) is 20.3. The first kappa shape index (κ1) is 72.2. The van der Waals surface area contributed by atoms with Gasteiger partial charge in [0.2, 0.25) is 5.91 Å². The molecule has 5 N–H and O–H groups in total. The first-order valence-corrected chi connectivity index (χ1v) is 34.1. The van der Waals surface area contributed by atoms with Gasteiger partial charge in [0.15, 0.2) is 6.04 Å². The van der Waals surface area contributed by atoms with Crippen LogP contribution in [0.25, 0.3) is 0 Å². The highest BCUT2D eigenvalue weighted by Gasteiger charge is 2.32. The second-order valence-corrected chi connectivity index (χ2v) is 23.0. The molecule has 0 radical (unpaired) electrons. The fourth-order valence-corrected chi connectivity index (χ4v) is 9.74. The number of hydrogen-bond donors (Lipinski definition) is 5. The van der Waals surface area contributed by atoms with Crippen LogP contribution in [0.3, 0.4) is 0 Å². The van der Waals surface area contributed by atoms with Crippen molar-refractivity contribution < 1.29 is 38.6 Å². The average molecular weight is 1470 g/mol. The predicted molar refractivity (Wildman–Crippen MR) is 344 cm³/mol. The van der Waals surface area contributed by atoms with Gasteiger partial charge in [-0.05, 0) is 70.4 Å². The van der Waals surface area contributed by atoms with Crippen LogP contribution in [0.1, 0.15) is 139 Å². The fraction of sp³-hybridized carbons (Fsp3) is 0.527. The second kappa shape index (κ2) is 37.3. The number of nitrogens with one attached hydrogen (secondary N) is 4. The Hall–Kier alpha value is -3.77. The van der Waals surface area contributed by atoms with E-state index in [1.165, 1.54) is 16.2 Å². The van der Waals surface area contributed by atoms with Crippen LogP contribution in [-0.2, 0) is 51.6 Å². The molecule has 0 aliphatic rings. The number of ether oxygens (including phenoxy) is 2. The highest BCUT2D eigenvalue weighted by atomic mass is 128. The molecule has 5 aromatic rings. The zero-order valence-corrected chi connectivity index (χ0v) is 55.2. The molecule has 0 saturated carbocycles. The highest BCUT2D eigenvalue weighted by molar-refractivity contribution is 15.0. The molecule has 3 heterocycles. The Morgan fingerprint density at radius 2 is 1.13 bits per heavy atom. The number of rotatable bonds is 24. The van der Waals surface area contributed by atoms with E-state index in [2.05, 4.69) is 101 Å². The standard InChI is InChI=1S/C37H48N6O4S2.C17H29N3O4S.CH4.I2.HI/c1-25(2)33(42-36(45)43(5)21-31-23-48-35(40-31)26(3)4)34(44)39-29(18-27-12-8-6-9-13-27)16-17-30(19-28-14-10-7-11-15-28)41-37(46)47-22-32-20-38-24-49-32;1-10(2)14-18-12(9-25-14)8-20(7)16(23)19-13(15(21)22)11(3)24-17(4,5)6;;1-2;/h6-15,20,23-26,29-30,33H,16-19,21-22H2,1-5H3,(H,39,44)(H,41,46)(H,42,45);9-11,13H,8H2,1-7H3,(H,19,23)(H,21,22);1H4;;1H/t29-,30-,33-;11?,13-;;;/m11.../s1. The maximum atomic E-state index is 13.8. The van der Waals surface area contributed by atoms with Crippen molar-refractivity contribution in [1.82, 2.24) is 46.0 Å². The molecule has 78 heavy (non-hydrogen) atoms. The summed E-state index contributed by atoms with van der Waals surface area (Å²) in [4.78, 5) is 80.8. The summed E-state index contributed by atoms with van der Waals surface area (Å²) in [7, 11) is 3.32. The van der Waals surface area contributed by atoms with Crippen LogP contribution in [-0.4, -0.2) is 110 Å². The molecular weight excluding hydrogens is 1390 g/mol. The number of carboxylic acids is 1. The van der Waals surface area contributed by atoms with E-state index in [1.807, 2.05) is 106 Å². The number of carbonyl (C=O) groups is 5. The van der Waals surface area contributed by atoms with Crippen LogP contribution in [0.4, 0.5) is 14.4 Å². The first-order chi connectivity index (χ1) is 36.0. The van der Waals surface area contributed by atoms with Crippen LogP contribution in [0.5, 0.6) is 0 Å². The molecule has 0 fully saturated rings. The Balaban J connectivity index is 0.000000888. The monoisotopic (exact) mass is 1470 g/mol. The van der Waals surface area contributed by atoms with Crippen molar-refractivity contribution >= 4 is 125 Å². The number of aliphatic carboxylic acids is 1. The van der Waals surface area contributed by atoms with Gasteiger partial charge in [-0.3, -0.25) is 9.78 Å². The molecule has 0 spiro atoms. The first-order valence-electron chi connectivity index (χ1n) is 25.1. The van der Waals surface area contributed by atoms with E-state index in [1.54, 1.807) is 60.3 Å². The van der Waals surface area contributed by atoms with Gasteiger partial charge in [-0.1, -0.05) is 110 Å². The quantitative estimate of drug-likeness (QED) is 0.0366. The van der Waals surface area contributed by atoms with Gasteiger partial charge in [0.05, 0.1) is 56.6 Å². The van der Waals surface area contributed by atoms with E-state index in [4.69, 9.17) is 9.47 Å². The SMILES string of the molecule is C.CC(C)c1nc(CN(C)C(=O)N[C@@H](C(=O)N[C@H](CC[C@H](Cc2ccccc2)NC(=O)OCc2cncs2)Cc2ccccc2)C(C)C)cs1.CC(C)c1nc(CN(C)C(=O)N[C@@H](C(=O)O)C(C)OC(C)(C)C)cs1.I.II. The smallest absolute Gasteiger partial charge is 0.407 e. The number of aromatic nitrogens is 3. The largest absolute Gasteiger partial charge is 0.480 e. The lowest BCUT2D eigenvalue weighted by Gasteiger charge is -2.30. The van der Waals surface area contributed by atoms with Crippen molar-refractivity contribution in [2.75, 3.05) is 14.1 Å². The number of alkyl carbamates (subject to hydrolysis) is 1. The van der Waals surface area contributed by atoms with E-state index >= 15 is 0 Å². The molecule has 3 aromatic heterocycles. The number of halogens is 3. The molecule has 5 rings (SSSR count). The molecule has 0 aliphatic heterocycles. The third-order valence-corrected chi connectivity index (χ3v) is 14.6. The number of urea groups is 2. The molecule has 1 unspecified atom stereocenters. The minimum atomic E-state index is -1.13. The third kappa shape index (κ3) is 27.1. The maximum Gasteiger partial charge on any atom is 0.407 e. The van der Waals surface area contributed by atoms with Gasteiger partial charge in [-0.2, -0.15) is 0 Å². The third-order valence-electron chi connectivity index (χ3n) is 11.4. The average Bonchev–Trinajstić information content (AvgIpc) is 4.18. The van der Waals surface area contributed by atoms with Crippen molar-refractivity contribution in [3.05, 3.63) is 121 Å². The van der Waals surface area contributed by atoms with E-state index in [-0.39, 0.29) is 68.0 Å². The number of nitrogens with zero attached hydrogens (tertiary/aromatic N) is 5. The van der Waals surface area contributed by atoms with Gasteiger partial charge >= 0.3 is 24.1 Å². The fourth-order valence-electron chi connectivity index (χ4n) is 7.58. The summed E-state index contributed by atoms with van der Waals surface area (Å²) < 4.78 is 11.2. The molecule has 5 atom stereocenters. The Labute approximate surface area is 515 Å². The molecule has 0 saturated heterocycles. The number of benzene rings is 2. The van der Waals surface area contributed by atoms with Gasteiger partial charge < -0.3 is 45.6 Å². The normalized spacial score (nSPS) is 12.8. The summed E-state index contributed by atoms with van der Waals surface area (Å²) >= 11 is 8.82. The van der Waals surface area contributed by atoms with Crippen LogP contribution in [0.15, 0.2) is 83.1 Å². The molecule has 23 heteroatoms. The Bertz CT molecular complexity index is 2500. The number of hydrogen-bond acceptors (Lipinski definition) is 13. The zero-order valence-electron chi connectivity index (χ0n) is 46.1. The number of thiazole rings is 3. The summed E-state index contributed by atoms with van der Waals surface area (Å²) in [5, 5.41) is 27.1. The summed E-state index contributed by atoms with van der Waals surface area (Å²) in [5.74, 6) is -0.866. The van der Waals surface area contributed by atoms with E-state index in [9.17, 15) is 29.1 Å². The molecule has 6 amide bonds. The molecule has 0 bridgehead atoms. The molecule has 0 aliphatic carbocycles. The van der Waals surface area contributed by atoms with Crippen molar-refractivity contribution in [2.45, 2.75) is 170 Å². The van der Waals surface area contributed by atoms with E-state index < -0.39 is 41.9 Å². The Morgan fingerprint density at radius 1 is 0.679 bits per heavy atom. The summed E-state index contributed by atoms with van der Waals surface area (Å²) in [6, 6.07) is 16.8. The van der Waals surface area contributed by atoms with Gasteiger partial charge in [0.25, 0.3) is 0 Å². The van der Waals surface area contributed by atoms with Gasteiger partial charge in [-0.25, -0.2) is 29.1 Å². The Morgan fingerprint density at radius 3 is 1.51 bits per heavy atom. The van der Waals surface area contributed by atoms with Crippen LogP contribution < -0.4 is 21.3 Å². The number of carboxylic acid groups (broad SMARTS) is 1. The molecular formula is C55H82I3N9O8S3. The number of carbonyl (C=O) groups excluding carboxylic acids is 4.